The predicted octanol–water partition coefficient (Wildman–Crippen LogP) is 32.0. The van der Waals surface area contributed by atoms with Crippen molar-refractivity contribution < 1.29 is 0 Å². The molecule has 12 atom stereocenters. The van der Waals surface area contributed by atoms with Gasteiger partial charge in [-0.05, 0) is 307 Å². The summed E-state index contributed by atoms with van der Waals surface area (Å²) in [4.78, 5) is 19.5. The molecule has 0 amide bonds. The fraction of sp³-hybridized carbons (Fsp3) is 0.429. The molecule has 2 aromatic heterocycles. The van der Waals surface area contributed by atoms with E-state index in [0.717, 1.165) is 54.3 Å². The first-order valence-electron chi connectivity index (χ1n) is 54.7. The number of aryl methyl sites for hydroxylation is 13. The summed E-state index contributed by atoms with van der Waals surface area (Å²) < 4.78 is 4.35. The number of aromatic nitrogens is 2. The Kier molecular flexibility index (Phi) is 32.7. The molecule has 0 spiro atoms. The van der Waals surface area contributed by atoms with E-state index in [1.807, 2.05) is 0 Å². The van der Waals surface area contributed by atoms with Gasteiger partial charge in [0.2, 0.25) is 0 Å². The van der Waals surface area contributed by atoms with Gasteiger partial charge in [0.1, 0.15) is 0 Å². The van der Waals surface area contributed by atoms with E-state index in [0.29, 0.717) is 24.0 Å². The van der Waals surface area contributed by atoms with Crippen molar-refractivity contribution in [2.75, 3.05) is 102 Å². The lowest BCUT2D eigenvalue weighted by molar-refractivity contribution is 0.396. The molecule has 0 saturated heterocycles. The molecule has 12 aliphatic rings. The number of likely N-dealkylation sites (N-methyl/N-ethyl adjacent to an activating group) is 8. The normalized spacial score (nSPS) is 22.1. The third-order valence-corrected chi connectivity index (χ3v) is 34.7. The van der Waals surface area contributed by atoms with E-state index in [9.17, 15) is 0 Å². The predicted molar refractivity (Wildman–Crippen MR) is 618 cm³/mol. The number of fused-ring (bicyclic) bond motifs is 18. The van der Waals surface area contributed by atoms with Gasteiger partial charge in [0, 0.05) is 217 Å². The van der Waals surface area contributed by atoms with Gasteiger partial charge >= 0.3 is 0 Å². The van der Waals surface area contributed by atoms with Crippen molar-refractivity contribution in [2.45, 2.75) is 297 Å². The third-order valence-electron chi connectivity index (χ3n) is 34.7. The topological polar surface area (TPSA) is 35.8 Å². The highest BCUT2D eigenvalue weighted by Crippen LogP contribution is 2.53. The second kappa shape index (κ2) is 45.6. The summed E-state index contributed by atoms with van der Waals surface area (Å²) in [5.74, 6) is 3.75. The zero-order valence-electron chi connectivity index (χ0n) is 91.3. The van der Waals surface area contributed by atoms with Gasteiger partial charge in [-0.1, -0.05) is 290 Å². The molecule has 14 aromatic rings. The molecule has 8 aliphatic heterocycles. The first-order valence-corrected chi connectivity index (χ1v) is 54.7. The smallest absolute Gasteiger partial charge is 0.0580 e. The van der Waals surface area contributed by atoms with Crippen molar-refractivity contribution in [2.24, 2.45) is 14.1 Å². The number of hydrogen-bond acceptors (Lipinski definition) is 8. The van der Waals surface area contributed by atoms with Gasteiger partial charge in [-0.15, -0.1) is 0 Å². The second-order valence-corrected chi connectivity index (χ2v) is 44.9. The number of benzene rings is 12. The molecule has 143 heavy (non-hydrogen) atoms. The molecule has 4 saturated carbocycles. The molecule has 10 heteroatoms. The van der Waals surface area contributed by atoms with Gasteiger partial charge in [-0.2, -0.15) is 0 Å². The summed E-state index contributed by atoms with van der Waals surface area (Å²) in [6.45, 7) is 29.6. The third kappa shape index (κ3) is 22.8. The van der Waals surface area contributed by atoms with Crippen molar-refractivity contribution in [3.05, 3.63) is 378 Å². The summed E-state index contributed by atoms with van der Waals surface area (Å²) in [6.07, 6.45) is 31.0. The fourth-order valence-electron chi connectivity index (χ4n) is 26.4. The van der Waals surface area contributed by atoms with Gasteiger partial charge in [-0.25, -0.2) is 0 Å². The van der Waals surface area contributed by atoms with Crippen LogP contribution in [0.1, 0.15) is 282 Å². The number of hydrogen-bond donors (Lipinski definition) is 0. The highest BCUT2D eigenvalue weighted by atomic mass is 15.2. The zero-order chi connectivity index (χ0) is 101. The van der Waals surface area contributed by atoms with Gasteiger partial charge in [0.05, 0.1) is 6.04 Å². The van der Waals surface area contributed by atoms with Crippen molar-refractivity contribution in [1.82, 2.24) is 9.13 Å². The lowest BCUT2D eigenvalue weighted by atomic mass is 9.82. The van der Waals surface area contributed by atoms with Crippen molar-refractivity contribution in [1.29, 1.82) is 0 Å². The van der Waals surface area contributed by atoms with Crippen LogP contribution >= 0.6 is 0 Å². The van der Waals surface area contributed by atoms with Crippen molar-refractivity contribution >= 4 is 67.3 Å². The van der Waals surface area contributed by atoms with Crippen LogP contribution in [0.15, 0.2) is 261 Å². The quantitative estimate of drug-likeness (QED) is 0.169. The lowest BCUT2D eigenvalue weighted by Crippen LogP contribution is -2.32. The van der Waals surface area contributed by atoms with Crippen LogP contribution in [0.2, 0.25) is 0 Å². The molecule has 12 unspecified atom stereocenters. The van der Waals surface area contributed by atoms with E-state index in [2.05, 4.69) is 470 Å². The largest absolute Gasteiger partial charge is 0.374 e. The van der Waals surface area contributed by atoms with E-state index in [4.69, 9.17) is 0 Å². The standard InChI is InChI=1S/C17H19N.C16H17N.C16H23N.C15H21N.C14H19N.C13H17N.C11H15N.C11H13N.C10H13N.C10H11N/c1-12-9-10-16-15(11-12)17(13(2)18(16)3)14-7-5-4-6-8-14;1-12-8-9-15-14(10-12)11-16(17(15)2)13-6-4-3-5-7-13;1-12-9-10-16-14(11-12)13-7-5-3-4-6-8-15(13)17(16)2;1-11-8-9-15-13(10-11)12-6-4-3-5-7-14(12)16(15)2;1-10-7-8-14-12(9-10)11-5-3-4-6-13(11)15(14)2;1-9-6-7-13-11(8-9)10-4-3-5-12(10)14(13)2;2*1-8-4-5-11-10(6-8)7-9(2)12(11)3;2*1-8-3-4-10-9(7-8)5-6-11(10)2/h4-11,13,17H,1-3H3;3-10,16H,11H2,1-2H3;9-11,13,15H,3-8H2,1-2H3;8-10,12,14H,3-7H2,1-2H3;7-9,11,13H,3-6H2,1-2H3;6-8,10,12H,3-5H2,1-2H3;4-6,9H,7H2,1-3H3;4-7H,1-3H3;3-4,7H,5-6H2,1-2H3;3-7H,1-2H3. The number of anilines is 8. The molecule has 12 aromatic carbocycles. The number of rotatable bonds is 2. The Labute approximate surface area is 861 Å². The Balaban J connectivity index is 0.000000110. The summed E-state index contributed by atoms with van der Waals surface area (Å²) in [5, 5.41) is 2.67. The molecule has 4 aliphatic carbocycles. The van der Waals surface area contributed by atoms with Gasteiger partial charge in [0.15, 0.2) is 0 Å². The second-order valence-electron chi connectivity index (χ2n) is 44.9. The van der Waals surface area contributed by atoms with Gasteiger partial charge in [-0.3, -0.25) is 0 Å². The average Bonchev–Trinajstić information content (AvgIpc) is 1.60. The summed E-state index contributed by atoms with van der Waals surface area (Å²) in [7, 11) is 22.0. The average molecular weight is 1910 g/mol. The highest BCUT2D eigenvalue weighted by molar-refractivity contribution is 5.83. The van der Waals surface area contributed by atoms with E-state index in [1.165, 1.54) is 297 Å². The van der Waals surface area contributed by atoms with E-state index < -0.39 is 0 Å². The summed E-state index contributed by atoms with van der Waals surface area (Å²) >= 11 is 0. The molecule has 10 nitrogen and oxygen atoms in total. The van der Waals surface area contributed by atoms with E-state index >= 15 is 0 Å². The summed E-state index contributed by atoms with van der Waals surface area (Å²) in [5.41, 5.74) is 44.4. The Morgan fingerprint density at radius 2 is 0.594 bits per heavy atom. The summed E-state index contributed by atoms with van der Waals surface area (Å²) in [6, 6.07) is 98.7. The first-order chi connectivity index (χ1) is 68.9. The molecule has 0 radical (unpaired) electrons. The highest BCUT2D eigenvalue weighted by Gasteiger charge is 2.43. The minimum atomic E-state index is 0.492. The molecular weight excluding hydrogens is 1740 g/mol. The zero-order valence-corrected chi connectivity index (χ0v) is 91.3. The Morgan fingerprint density at radius 3 is 1.07 bits per heavy atom. The van der Waals surface area contributed by atoms with Gasteiger partial charge in [0.25, 0.3) is 0 Å². The molecule has 10 heterocycles. The molecule has 0 bridgehead atoms. The Hall–Kier alpha value is -11.9. The fourth-order valence-corrected chi connectivity index (χ4v) is 26.4. The Morgan fingerprint density at radius 1 is 0.252 bits per heavy atom. The van der Waals surface area contributed by atoms with Crippen LogP contribution < -0.4 is 39.2 Å². The van der Waals surface area contributed by atoms with E-state index in [-0.39, 0.29) is 0 Å². The minimum Gasteiger partial charge on any atom is -0.374 e. The minimum absolute atomic E-state index is 0.492. The van der Waals surface area contributed by atoms with Gasteiger partial charge < -0.3 is 48.3 Å². The van der Waals surface area contributed by atoms with Crippen LogP contribution in [0.5, 0.6) is 0 Å². The molecule has 4 fully saturated rings. The van der Waals surface area contributed by atoms with Crippen LogP contribution in [-0.4, -0.2) is 108 Å². The Bertz CT molecular complexity index is 6670. The van der Waals surface area contributed by atoms with Crippen LogP contribution in [0.25, 0.3) is 21.8 Å². The van der Waals surface area contributed by atoms with Crippen LogP contribution in [0.3, 0.4) is 0 Å². The molecular formula is C133H168N10. The lowest BCUT2D eigenvalue weighted by Gasteiger charge is -2.30. The molecule has 0 N–H and O–H groups in total. The van der Waals surface area contributed by atoms with Crippen LogP contribution in [0.4, 0.5) is 45.5 Å². The maximum absolute atomic E-state index is 2.55. The molecule has 26 rings (SSSR count). The van der Waals surface area contributed by atoms with Crippen molar-refractivity contribution in [3.63, 3.8) is 0 Å². The van der Waals surface area contributed by atoms with Crippen LogP contribution in [0, 0.1) is 76.2 Å². The number of nitrogens with zero attached hydrogens (tertiary/aromatic N) is 10. The van der Waals surface area contributed by atoms with E-state index in [1.54, 1.807) is 22.3 Å². The maximum atomic E-state index is 2.55. The monoisotopic (exact) mass is 1910 g/mol. The molecule has 750 valence electrons. The maximum Gasteiger partial charge on any atom is 0.0580 e. The van der Waals surface area contributed by atoms with Crippen LogP contribution in [-0.2, 0) is 33.4 Å². The SMILES string of the molecule is Cc1ccc2c(c1)C(c1ccccc1)C(C)N2C.Cc1ccc2c(c1)C1CCCC1N2C.Cc1ccc2c(c1)C1CCCCC1N2C.Cc1ccc2c(c1)C1CCCCCC1N2C.Cc1ccc2c(c1)C1CCCCCCC1N2C.Cc1ccc2c(c1)CC(C)N2C.Cc1ccc2c(c1)CC(c1ccccc1)N2C.Cc1ccc2c(c1)CCN2C.Cc1ccc2c(c1)cc(C)n2C.Cc1ccc2c(ccn2C)c1. The first kappa shape index (κ1) is 103. The van der Waals surface area contributed by atoms with Crippen molar-refractivity contribution in [3.8, 4) is 0 Å².